The van der Waals surface area contributed by atoms with Gasteiger partial charge in [-0.3, -0.25) is 0 Å². The lowest BCUT2D eigenvalue weighted by atomic mass is 10.1. The predicted molar refractivity (Wildman–Crippen MR) is 58.1 cm³/mol. The van der Waals surface area contributed by atoms with Crippen molar-refractivity contribution in [2.45, 2.75) is 19.8 Å². The zero-order chi connectivity index (χ0) is 10.6. The van der Waals surface area contributed by atoms with Crippen LogP contribution in [0.15, 0.2) is 0 Å². The normalized spacial score (nSPS) is 11.1. The van der Waals surface area contributed by atoms with Crippen molar-refractivity contribution in [2.24, 2.45) is 17.4 Å². The van der Waals surface area contributed by atoms with E-state index in [2.05, 4.69) is 6.92 Å². The van der Waals surface area contributed by atoms with Gasteiger partial charge in [-0.2, -0.15) is 0 Å². The Kier molecular flexibility index (Phi) is 10.8. The predicted octanol–water partition coefficient (Wildman–Crippen LogP) is 0.353. The van der Waals surface area contributed by atoms with Gasteiger partial charge >= 0.3 is 0 Å². The summed E-state index contributed by atoms with van der Waals surface area (Å²) >= 11 is 0. The van der Waals surface area contributed by atoms with E-state index in [1.807, 2.05) is 0 Å². The summed E-state index contributed by atoms with van der Waals surface area (Å²) < 4.78 is 10.6. The zero-order valence-corrected chi connectivity index (χ0v) is 9.21. The van der Waals surface area contributed by atoms with E-state index in [1.165, 1.54) is 0 Å². The second kappa shape index (κ2) is 10.9. The lowest BCUT2D eigenvalue weighted by Gasteiger charge is -2.11. The second-order valence-corrected chi connectivity index (χ2v) is 3.48. The summed E-state index contributed by atoms with van der Waals surface area (Å²) in [7, 11) is 0. The number of hydrogen-bond acceptors (Lipinski definition) is 4. The third kappa shape index (κ3) is 9.92. The van der Waals surface area contributed by atoms with Crippen molar-refractivity contribution in [3.63, 3.8) is 0 Å². The van der Waals surface area contributed by atoms with E-state index in [1.54, 1.807) is 0 Å². The summed E-state index contributed by atoms with van der Waals surface area (Å²) in [4.78, 5) is 0. The minimum absolute atomic E-state index is 0.605. The molecule has 0 rings (SSSR count). The fraction of sp³-hybridized carbons (Fsp3) is 1.00. The van der Waals surface area contributed by atoms with Crippen LogP contribution < -0.4 is 11.5 Å². The third-order valence-electron chi connectivity index (χ3n) is 2.03. The Hall–Kier alpha value is -0.160. The van der Waals surface area contributed by atoms with Gasteiger partial charge in [0.2, 0.25) is 0 Å². The van der Waals surface area contributed by atoms with Crippen LogP contribution in [0.1, 0.15) is 19.8 Å². The van der Waals surface area contributed by atoms with Crippen LogP contribution in [0.3, 0.4) is 0 Å². The Balaban J connectivity index is 3.07. The first-order chi connectivity index (χ1) is 6.81. The van der Waals surface area contributed by atoms with Crippen LogP contribution in [-0.4, -0.2) is 39.5 Å². The first-order valence-electron chi connectivity index (χ1n) is 5.37. The van der Waals surface area contributed by atoms with Gasteiger partial charge in [-0.05, 0) is 18.8 Å². The number of nitrogens with two attached hydrogens (primary N) is 2. The summed E-state index contributed by atoms with van der Waals surface area (Å²) in [5.74, 6) is 0.644. The average molecular weight is 204 g/mol. The smallest absolute Gasteiger partial charge is 0.0588 e. The van der Waals surface area contributed by atoms with Crippen molar-refractivity contribution in [1.29, 1.82) is 0 Å². The van der Waals surface area contributed by atoms with Crippen molar-refractivity contribution in [2.75, 3.05) is 39.5 Å². The maximum absolute atomic E-state index is 5.30. The van der Waals surface area contributed by atoms with E-state index in [0.717, 1.165) is 26.1 Å². The fourth-order valence-electron chi connectivity index (χ4n) is 1.08. The van der Waals surface area contributed by atoms with Crippen LogP contribution in [0.25, 0.3) is 0 Å². The Morgan fingerprint density at radius 3 is 1.64 bits per heavy atom. The zero-order valence-electron chi connectivity index (χ0n) is 9.21. The molecule has 0 atom stereocenters. The Bertz CT molecular complexity index is 100. The first-order valence-corrected chi connectivity index (χ1v) is 5.37. The van der Waals surface area contributed by atoms with Gasteiger partial charge in [-0.25, -0.2) is 0 Å². The van der Waals surface area contributed by atoms with E-state index in [-0.39, 0.29) is 0 Å². The number of rotatable bonds is 10. The molecule has 0 amide bonds. The molecule has 0 aliphatic rings. The molecule has 4 nitrogen and oxygen atoms in total. The lowest BCUT2D eigenvalue weighted by molar-refractivity contribution is 0.105. The number of ether oxygens (including phenoxy) is 2. The third-order valence-corrected chi connectivity index (χ3v) is 2.03. The number of hydrogen-bond donors (Lipinski definition) is 2. The van der Waals surface area contributed by atoms with Gasteiger partial charge in [-0.1, -0.05) is 6.92 Å². The first kappa shape index (κ1) is 13.8. The van der Waals surface area contributed by atoms with E-state index in [4.69, 9.17) is 20.9 Å². The molecule has 4 heteroatoms. The van der Waals surface area contributed by atoms with Crippen LogP contribution in [0.4, 0.5) is 0 Å². The highest BCUT2D eigenvalue weighted by atomic mass is 16.5. The van der Waals surface area contributed by atoms with Gasteiger partial charge in [0, 0.05) is 26.3 Å². The summed E-state index contributed by atoms with van der Waals surface area (Å²) in [5.41, 5.74) is 10.6. The van der Waals surface area contributed by atoms with E-state index < -0.39 is 0 Å². The molecular weight excluding hydrogens is 180 g/mol. The van der Waals surface area contributed by atoms with Crippen LogP contribution >= 0.6 is 0 Å². The monoisotopic (exact) mass is 204 g/mol. The fourth-order valence-corrected chi connectivity index (χ4v) is 1.08. The van der Waals surface area contributed by atoms with Gasteiger partial charge in [0.15, 0.2) is 0 Å². The molecule has 0 aromatic heterocycles. The summed E-state index contributed by atoms with van der Waals surface area (Å²) in [6.07, 6.45) is 2.15. The maximum atomic E-state index is 5.30. The highest BCUT2D eigenvalue weighted by Gasteiger charge is 2.01. The Labute approximate surface area is 86.9 Å². The second-order valence-electron chi connectivity index (χ2n) is 3.48. The van der Waals surface area contributed by atoms with Crippen molar-refractivity contribution in [1.82, 2.24) is 0 Å². The SMILES string of the molecule is CC(CCOCCN)CCOCCN. The van der Waals surface area contributed by atoms with Crippen LogP contribution in [0.5, 0.6) is 0 Å². The summed E-state index contributed by atoms with van der Waals surface area (Å²) in [5, 5.41) is 0. The molecule has 0 bridgehead atoms. The van der Waals surface area contributed by atoms with Crippen molar-refractivity contribution >= 4 is 0 Å². The molecule has 4 N–H and O–H groups in total. The summed E-state index contributed by atoms with van der Waals surface area (Å²) in [6.45, 7) is 6.34. The van der Waals surface area contributed by atoms with E-state index in [9.17, 15) is 0 Å². The lowest BCUT2D eigenvalue weighted by Crippen LogP contribution is -2.13. The molecule has 0 saturated heterocycles. The van der Waals surface area contributed by atoms with E-state index in [0.29, 0.717) is 32.2 Å². The highest BCUT2D eigenvalue weighted by Crippen LogP contribution is 2.07. The van der Waals surface area contributed by atoms with Crippen molar-refractivity contribution in [3.8, 4) is 0 Å². The molecule has 0 unspecified atom stereocenters. The molecule has 0 aromatic rings. The quantitative estimate of drug-likeness (QED) is 0.504. The van der Waals surface area contributed by atoms with Crippen molar-refractivity contribution in [3.05, 3.63) is 0 Å². The van der Waals surface area contributed by atoms with Crippen molar-refractivity contribution < 1.29 is 9.47 Å². The Morgan fingerprint density at radius 1 is 0.857 bits per heavy atom. The van der Waals surface area contributed by atoms with Gasteiger partial charge in [0.05, 0.1) is 13.2 Å². The minimum atomic E-state index is 0.605. The topological polar surface area (TPSA) is 70.5 Å². The van der Waals surface area contributed by atoms with Crippen LogP contribution in [-0.2, 0) is 9.47 Å². The minimum Gasteiger partial charge on any atom is -0.380 e. The Morgan fingerprint density at radius 2 is 1.29 bits per heavy atom. The van der Waals surface area contributed by atoms with Gasteiger partial charge in [0.1, 0.15) is 0 Å². The molecule has 0 heterocycles. The van der Waals surface area contributed by atoms with Gasteiger partial charge < -0.3 is 20.9 Å². The van der Waals surface area contributed by atoms with Crippen LogP contribution in [0.2, 0.25) is 0 Å². The molecule has 0 aliphatic carbocycles. The molecule has 14 heavy (non-hydrogen) atoms. The molecule has 0 aromatic carbocycles. The molecule has 0 aliphatic heterocycles. The maximum Gasteiger partial charge on any atom is 0.0588 e. The molecule has 0 radical (unpaired) electrons. The molecular formula is C10H24N2O2. The highest BCUT2D eigenvalue weighted by molar-refractivity contribution is 4.52. The molecule has 0 fully saturated rings. The summed E-state index contributed by atoms with van der Waals surface area (Å²) in [6, 6.07) is 0. The van der Waals surface area contributed by atoms with Gasteiger partial charge in [-0.15, -0.1) is 0 Å². The largest absolute Gasteiger partial charge is 0.380 e. The standard InChI is InChI=1S/C10H24N2O2/c1-10(2-6-13-8-4-11)3-7-14-9-5-12/h10H,2-9,11-12H2,1H3. The van der Waals surface area contributed by atoms with Crippen LogP contribution in [0, 0.1) is 5.92 Å². The van der Waals surface area contributed by atoms with E-state index >= 15 is 0 Å². The average Bonchev–Trinajstić information content (AvgIpc) is 2.19. The molecule has 0 saturated carbocycles. The van der Waals surface area contributed by atoms with Gasteiger partial charge in [0.25, 0.3) is 0 Å². The molecule has 0 spiro atoms. The molecule has 86 valence electrons.